The number of pyridine rings is 2. The van der Waals surface area contributed by atoms with Crippen molar-refractivity contribution in [2.75, 3.05) is 0 Å². The second kappa shape index (κ2) is 8.33. The molecular formula is C24H23N2O3P+2. The van der Waals surface area contributed by atoms with E-state index in [0.29, 0.717) is 5.56 Å². The Kier molecular flexibility index (Phi) is 5.60. The van der Waals surface area contributed by atoms with Crippen LogP contribution in [0.2, 0.25) is 0 Å². The summed E-state index contributed by atoms with van der Waals surface area (Å²) in [7, 11) is -4.39. The summed E-state index contributed by atoms with van der Waals surface area (Å²) in [4.78, 5) is 19.8. The summed E-state index contributed by atoms with van der Waals surface area (Å²) in [5, 5.41) is 0. The average Bonchev–Trinajstić information content (AvgIpc) is 2.75. The Morgan fingerprint density at radius 3 is 1.80 bits per heavy atom. The molecule has 0 bridgehead atoms. The first-order chi connectivity index (χ1) is 14.4. The molecule has 1 unspecified atom stereocenters. The zero-order valence-electron chi connectivity index (χ0n) is 16.5. The van der Waals surface area contributed by atoms with Crippen LogP contribution in [0.3, 0.4) is 0 Å². The van der Waals surface area contributed by atoms with E-state index in [1.54, 1.807) is 41.2 Å². The summed E-state index contributed by atoms with van der Waals surface area (Å²) in [5.41, 5.74) is 4.88. The molecule has 0 amide bonds. The second-order valence-corrected chi connectivity index (χ2v) is 8.90. The summed E-state index contributed by atoms with van der Waals surface area (Å²) < 4.78 is 15.8. The van der Waals surface area contributed by atoms with Crippen LogP contribution in [-0.4, -0.2) is 9.79 Å². The largest absolute Gasteiger partial charge is 0.398 e. The number of hydrogen-bond donors (Lipinski definition) is 2. The zero-order valence-corrected chi connectivity index (χ0v) is 17.4. The van der Waals surface area contributed by atoms with Gasteiger partial charge in [0, 0.05) is 42.0 Å². The number of aryl methyl sites for hydroxylation is 1. The van der Waals surface area contributed by atoms with Gasteiger partial charge in [0.1, 0.15) is 0 Å². The van der Waals surface area contributed by atoms with E-state index in [1.807, 2.05) is 47.3 Å². The minimum atomic E-state index is -4.39. The van der Waals surface area contributed by atoms with Crippen LogP contribution in [-0.2, 0) is 4.57 Å². The van der Waals surface area contributed by atoms with Crippen molar-refractivity contribution >= 4 is 7.60 Å². The molecular weight excluding hydrogens is 395 g/mol. The predicted octanol–water partition coefficient (Wildman–Crippen LogP) is 3.95. The number of rotatable bonds is 5. The molecule has 0 saturated heterocycles. The SMILES string of the molecule is Cc1ccc(-[n+]2ccc(-c3cc[n+](C(c4ccccc4)P(=O)(O)O)cc3)cc2)cc1. The lowest BCUT2D eigenvalue weighted by molar-refractivity contribution is -0.695. The normalized spacial score (nSPS) is 12.5. The molecule has 0 aliphatic rings. The molecule has 0 aliphatic heterocycles. The summed E-state index contributed by atoms with van der Waals surface area (Å²) in [5.74, 6) is -1.05. The van der Waals surface area contributed by atoms with E-state index in [9.17, 15) is 14.4 Å². The number of nitrogens with zero attached hydrogens (tertiary/aromatic N) is 2. The lowest BCUT2D eigenvalue weighted by atomic mass is 10.1. The van der Waals surface area contributed by atoms with Crippen molar-refractivity contribution < 1.29 is 23.5 Å². The monoisotopic (exact) mass is 418 g/mol. The van der Waals surface area contributed by atoms with Crippen LogP contribution in [0, 0.1) is 6.92 Å². The summed E-state index contributed by atoms with van der Waals surface area (Å²) in [6.45, 7) is 2.06. The highest BCUT2D eigenvalue weighted by atomic mass is 31.2. The molecule has 4 rings (SSSR count). The van der Waals surface area contributed by atoms with Crippen LogP contribution in [0.25, 0.3) is 16.8 Å². The molecule has 30 heavy (non-hydrogen) atoms. The van der Waals surface area contributed by atoms with Gasteiger partial charge in [0.25, 0.3) is 5.78 Å². The molecule has 2 heterocycles. The van der Waals surface area contributed by atoms with Gasteiger partial charge in [0.05, 0.1) is 0 Å². The van der Waals surface area contributed by atoms with Crippen LogP contribution in [0.15, 0.2) is 104 Å². The van der Waals surface area contributed by atoms with Gasteiger partial charge in [0.15, 0.2) is 24.8 Å². The molecule has 2 N–H and O–H groups in total. The van der Waals surface area contributed by atoms with E-state index in [0.717, 1.165) is 16.8 Å². The van der Waals surface area contributed by atoms with Crippen LogP contribution in [0.5, 0.6) is 0 Å². The Labute approximate surface area is 175 Å². The molecule has 5 nitrogen and oxygen atoms in total. The molecule has 0 aliphatic carbocycles. The second-order valence-electron chi connectivity index (χ2n) is 7.24. The van der Waals surface area contributed by atoms with Crippen LogP contribution in [0.4, 0.5) is 0 Å². The average molecular weight is 418 g/mol. The fraction of sp³-hybridized carbons (Fsp3) is 0.0833. The zero-order chi connectivity index (χ0) is 21.1. The lowest BCUT2D eigenvalue weighted by Gasteiger charge is -2.14. The van der Waals surface area contributed by atoms with E-state index < -0.39 is 13.4 Å². The van der Waals surface area contributed by atoms with Crippen molar-refractivity contribution in [1.82, 2.24) is 0 Å². The molecule has 1 atom stereocenters. The van der Waals surface area contributed by atoms with E-state index in [1.165, 1.54) is 5.56 Å². The van der Waals surface area contributed by atoms with Gasteiger partial charge >= 0.3 is 7.60 Å². The summed E-state index contributed by atoms with van der Waals surface area (Å²) >= 11 is 0. The number of benzene rings is 2. The van der Waals surface area contributed by atoms with Gasteiger partial charge in [-0.2, -0.15) is 9.13 Å². The maximum absolute atomic E-state index is 12.2. The van der Waals surface area contributed by atoms with E-state index in [2.05, 4.69) is 31.2 Å². The van der Waals surface area contributed by atoms with E-state index in [4.69, 9.17) is 0 Å². The molecule has 0 saturated carbocycles. The molecule has 4 aromatic rings. The predicted molar refractivity (Wildman–Crippen MR) is 115 cm³/mol. The third-order valence-electron chi connectivity index (χ3n) is 5.05. The minimum absolute atomic E-state index is 0.572. The van der Waals surface area contributed by atoms with Crippen molar-refractivity contribution in [1.29, 1.82) is 0 Å². The Balaban J connectivity index is 1.61. The van der Waals surface area contributed by atoms with Crippen LogP contribution >= 0.6 is 7.60 Å². The molecule has 0 radical (unpaired) electrons. The quantitative estimate of drug-likeness (QED) is 0.381. The van der Waals surface area contributed by atoms with E-state index in [-0.39, 0.29) is 0 Å². The highest BCUT2D eigenvalue weighted by Crippen LogP contribution is 2.49. The Morgan fingerprint density at radius 1 is 0.733 bits per heavy atom. The topological polar surface area (TPSA) is 65.3 Å². The van der Waals surface area contributed by atoms with E-state index >= 15 is 0 Å². The van der Waals surface area contributed by atoms with Crippen LogP contribution < -0.4 is 9.13 Å². The standard InChI is InChI=1S/C24H21N2O3P/c1-19-7-9-23(10-8-19)25-15-11-20(12-16-25)21-13-17-26(18-14-21)24(30(27,28)29)22-5-3-2-4-6-22/h2-18,24H,1H3/p+2. The smallest absolute Gasteiger partial charge is 0.320 e. The summed E-state index contributed by atoms with van der Waals surface area (Å²) in [6.07, 6.45) is 7.44. The molecule has 0 spiro atoms. The highest BCUT2D eigenvalue weighted by molar-refractivity contribution is 7.51. The Hall–Kier alpha value is -3.11. The molecule has 2 aromatic carbocycles. The van der Waals surface area contributed by atoms with Crippen LogP contribution in [0.1, 0.15) is 16.9 Å². The fourth-order valence-electron chi connectivity index (χ4n) is 3.47. The van der Waals surface area contributed by atoms with Gasteiger partial charge in [-0.1, -0.05) is 48.0 Å². The van der Waals surface area contributed by atoms with Crippen molar-refractivity contribution in [3.63, 3.8) is 0 Å². The van der Waals surface area contributed by atoms with Crippen molar-refractivity contribution in [2.45, 2.75) is 12.7 Å². The van der Waals surface area contributed by atoms with Gasteiger partial charge in [-0.3, -0.25) is 4.57 Å². The molecule has 150 valence electrons. The van der Waals surface area contributed by atoms with Gasteiger partial charge in [0.2, 0.25) is 5.69 Å². The fourth-order valence-corrected chi connectivity index (χ4v) is 4.53. The first kappa shape index (κ1) is 20.2. The number of hydrogen-bond acceptors (Lipinski definition) is 1. The number of aromatic nitrogens is 2. The highest BCUT2D eigenvalue weighted by Gasteiger charge is 2.38. The molecule has 6 heteroatoms. The first-order valence-electron chi connectivity index (χ1n) is 9.61. The minimum Gasteiger partial charge on any atom is -0.320 e. The maximum atomic E-state index is 12.2. The third kappa shape index (κ3) is 4.39. The van der Waals surface area contributed by atoms with Crippen molar-refractivity contribution in [2.24, 2.45) is 0 Å². The molecule has 0 fully saturated rings. The Bertz CT molecular complexity index is 1170. The van der Waals surface area contributed by atoms with Crippen molar-refractivity contribution in [3.8, 4) is 16.8 Å². The van der Waals surface area contributed by atoms with Gasteiger partial charge in [-0.25, -0.2) is 0 Å². The summed E-state index contributed by atoms with van der Waals surface area (Å²) in [6, 6.07) is 24.9. The first-order valence-corrected chi connectivity index (χ1v) is 11.3. The van der Waals surface area contributed by atoms with Gasteiger partial charge < -0.3 is 9.79 Å². The lowest BCUT2D eigenvalue weighted by Crippen LogP contribution is -2.39. The third-order valence-corrected chi connectivity index (χ3v) is 6.25. The van der Waals surface area contributed by atoms with Crippen molar-refractivity contribution in [3.05, 3.63) is 115 Å². The maximum Gasteiger partial charge on any atom is 0.398 e. The van der Waals surface area contributed by atoms with Gasteiger partial charge in [-0.15, -0.1) is 0 Å². The Morgan fingerprint density at radius 2 is 1.27 bits per heavy atom. The van der Waals surface area contributed by atoms with Gasteiger partial charge in [-0.05, 0) is 18.1 Å². The molecule has 2 aromatic heterocycles.